The van der Waals surface area contributed by atoms with Crippen molar-refractivity contribution in [1.82, 2.24) is 4.31 Å². The van der Waals surface area contributed by atoms with Crippen LogP contribution < -0.4 is 9.64 Å². The summed E-state index contributed by atoms with van der Waals surface area (Å²) < 4.78 is 60.3. The quantitative estimate of drug-likeness (QED) is 0.760. The van der Waals surface area contributed by atoms with Gasteiger partial charge >= 0.3 is 0 Å². The Morgan fingerprint density at radius 3 is 2.48 bits per heavy atom. The molecule has 0 atom stereocenters. The summed E-state index contributed by atoms with van der Waals surface area (Å²) in [7, 11) is -2.45. The number of nitrogens with zero attached hydrogens (tertiary/aromatic N) is 2. The molecule has 0 unspecified atom stereocenters. The molecule has 2 aliphatic heterocycles. The summed E-state index contributed by atoms with van der Waals surface area (Å²) in [6, 6.07) is 6.08. The van der Waals surface area contributed by atoms with Gasteiger partial charge in [0.2, 0.25) is 10.0 Å². The molecule has 0 radical (unpaired) electrons. The van der Waals surface area contributed by atoms with Crippen molar-refractivity contribution < 1.29 is 26.7 Å². The fraction of sp³-hybridized carbons (Fsp3) is 0.350. The van der Waals surface area contributed by atoms with Crippen molar-refractivity contribution in [2.75, 3.05) is 31.6 Å². The number of hydrogen-bond donors (Lipinski definition) is 0. The monoisotopic (exact) mass is 422 g/mol. The van der Waals surface area contributed by atoms with Crippen LogP contribution in [0.15, 0.2) is 35.2 Å². The van der Waals surface area contributed by atoms with Crippen LogP contribution >= 0.6 is 0 Å². The lowest BCUT2D eigenvalue weighted by atomic mass is 10.1. The number of fused-ring (bicyclic) bond motifs is 1. The Hall–Kier alpha value is -2.52. The van der Waals surface area contributed by atoms with E-state index in [0.717, 1.165) is 25.0 Å². The van der Waals surface area contributed by atoms with Gasteiger partial charge in [0.1, 0.15) is 22.3 Å². The highest BCUT2D eigenvalue weighted by molar-refractivity contribution is 7.89. The van der Waals surface area contributed by atoms with Crippen LogP contribution in [0.25, 0.3) is 0 Å². The van der Waals surface area contributed by atoms with Crippen molar-refractivity contribution in [3.63, 3.8) is 0 Å². The van der Waals surface area contributed by atoms with E-state index in [0.29, 0.717) is 13.1 Å². The summed E-state index contributed by atoms with van der Waals surface area (Å²) in [6.45, 7) is 1.03. The maximum atomic E-state index is 14.0. The second-order valence-corrected chi connectivity index (χ2v) is 8.98. The largest absolute Gasteiger partial charge is 0.495 e. The van der Waals surface area contributed by atoms with E-state index in [1.54, 1.807) is 0 Å². The number of anilines is 1. The Bertz CT molecular complexity index is 1080. The van der Waals surface area contributed by atoms with Crippen LogP contribution in [0.2, 0.25) is 0 Å². The van der Waals surface area contributed by atoms with Gasteiger partial charge in [0.05, 0.1) is 12.8 Å². The average molecular weight is 422 g/mol. The molecule has 9 heteroatoms. The molecular weight excluding hydrogens is 402 g/mol. The lowest BCUT2D eigenvalue weighted by molar-refractivity contribution is 0.0989. The standard InChI is InChI=1S/C20H20F2N2O4S/c1-28-18-5-4-13(10-19(18)29(26,27)23-7-2-3-8-23)20(25)24-9-6-15-16(22)11-14(21)12-17(15)24/h4-5,10-12H,2-3,6-9H2,1H3. The highest BCUT2D eigenvalue weighted by Gasteiger charge is 2.33. The van der Waals surface area contributed by atoms with Gasteiger partial charge in [0.25, 0.3) is 5.91 Å². The SMILES string of the molecule is COc1ccc(C(=O)N2CCc3c(F)cc(F)cc32)cc1S(=O)(=O)N1CCCC1. The fourth-order valence-electron chi connectivity index (χ4n) is 3.87. The molecule has 154 valence electrons. The molecule has 0 aliphatic carbocycles. The van der Waals surface area contributed by atoms with Gasteiger partial charge in [-0.2, -0.15) is 4.31 Å². The van der Waals surface area contributed by atoms with Crippen LogP contribution in [0.5, 0.6) is 5.75 Å². The van der Waals surface area contributed by atoms with Gasteiger partial charge in [0.15, 0.2) is 0 Å². The molecule has 29 heavy (non-hydrogen) atoms. The van der Waals surface area contributed by atoms with E-state index >= 15 is 0 Å². The summed E-state index contributed by atoms with van der Waals surface area (Å²) in [5, 5.41) is 0. The highest BCUT2D eigenvalue weighted by atomic mass is 32.2. The first-order valence-electron chi connectivity index (χ1n) is 9.31. The van der Waals surface area contributed by atoms with Crippen LogP contribution in [0, 0.1) is 11.6 Å². The molecule has 0 saturated carbocycles. The third-order valence-corrected chi connectivity index (χ3v) is 7.27. The van der Waals surface area contributed by atoms with Gasteiger partial charge in [-0.25, -0.2) is 17.2 Å². The Balaban J connectivity index is 1.73. The molecule has 2 heterocycles. The minimum Gasteiger partial charge on any atom is -0.495 e. The number of carbonyl (C=O) groups is 1. The van der Waals surface area contributed by atoms with E-state index in [9.17, 15) is 22.0 Å². The summed E-state index contributed by atoms with van der Waals surface area (Å²) in [6.07, 6.45) is 1.83. The number of rotatable bonds is 4. The highest BCUT2D eigenvalue weighted by Crippen LogP contribution is 2.34. The van der Waals surface area contributed by atoms with Crippen LogP contribution in [0.3, 0.4) is 0 Å². The Morgan fingerprint density at radius 1 is 1.07 bits per heavy atom. The minimum atomic E-state index is -3.82. The van der Waals surface area contributed by atoms with Crippen molar-refractivity contribution in [3.05, 3.63) is 53.1 Å². The molecule has 0 spiro atoms. The molecule has 1 saturated heterocycles. The van der Waals surface area contributed by atoms with Gasteiger partial charge in [-0.05, 0) is 43.5 Å². The Morgan fingerprint density at radius 2 is 1.79 bits per heavy atom. The van der Waals surface area contributed by atoms with Crippen molar-refractivity contribution in [3.8, 4) is 5.75 Å². The molecule has 2 aliphatic rings. The molecule has 0 N–H and O–H groups in total. The second-order valence-electron chi connectivity index (χ2n) is 7.07. The molecule has 4 rings (SSSR count). The van der Waals surface area contributed by atoms with Gasteiger partial charge < -0.3 is 9.64 Å². The molecule has 0 aromatic heterocycles. The summed E-state index contributed by atoms with van der Waals surface area (Å²) >= 11 is 0. The molecule has 2 aromatic rings. The molecule has 1 fully saturated rings. The lowest BCUT2D eigenvalue weighted by Gasteiger charge is -2.20. The van der Waals surface area contributed by atoms with E-state index < -0.39 is 27.6 Å². The van der Waals surface area contributed by atoms with Gasteiger partial charge in [-0.1, -0.05) is 0 Å². The number of ether oxygens (including phenoxy) is 1. The molecule has 1 amide bonds. The molecule has 6 nitrogen and oxygen atoms in total. The van der Waals surface area contributed by atoms with E-state index in [-0.39, 0.29) is 40.4 Å². The predicted molar refractivity (Wildman–Crippen MR) is 103 cm³/mol. The fourth-order valence-corrected chi connectivity index (χ4v) is 5.57. The normalized spacial score (nSPS) is 16.9. The van der Waals surface area contributed by atoms with E-state index in [2.05, 4.69) is 0 Å². The number of benzene rings is 2. The maximum absolute atomic E-state index is 14.0. The number of carbonyl (C=O) groups excluding carboxylic acids is 1. The maximum Gasteiger partial charge on any atom is 0.258 e. The molecular formula is C20H20F2N2O4S. The lowest BCUT2D eigenvalue weighted by Crippen LogP contribution is -2.30. The van der Waals surface area contributed by atoms with Crippen LogP contribution in [0.4, 0.5) is 14.5 Å². The van der Waals surface area contributed by atoms with Gasteiger partial charge in [-0.15, -0.1) is 0 Å². The zero-order valence-corrected chi connectivity index (χ0v) is 16.6. The van der Waals surface area contributed by atoms with Crippen molar-refractivity contribution >= 4 is 21.6 Å². The topological polar surface area (TPSA) is 66.9 Å². The average Bonchev–Trinajstić information content (AvgIpc) is 3.37. The minimum absolute atomic E-state index is 0.0856. The number of amides is 1. The van der Waals surface area contributed by atoms with Gasteiger partial charge in [0, 0.05) is 36.8 Å². The zero-order valence-electron chi connectivity index (χ0n) is 15.8. The van der Waals surface area contributed by atoms with E-state index in [4.69, 9.17) is 4.74 Å². The van der Waals surface area contributed by atoms with Crippen LogP contribution in [-0.4, -0.2) is 45.4 Å². The number of hydrogen-bond acceptors (Lipinski definition) is 4. The first kappa shape index (κ1) is 19.8. The second kappa shape index (κ2) is 7.38. The zero-order chi connectivity index (χ0) is 20.8. The molecule has 2 aromatic carbocycles. The van der Waals surface area contributed by atoms with Crippen molar-refractivity contribution in [2.24, 2.45) is 0 Å². The summed E-state index contributed by atoms with van der Waals surface area (Å²) in [5.41, 5.74) is 0.562. The third kappa shape index (κ3) is 3.38. The number of halogens is 2. The van der Waals surface area contributed by atoms with Gasteiger partial charge in [-0.3, -0.25) is 4.79 Å². The third-order valence-electron chi connectivity index (χ3n) is 5.35. The first-order chi connectivity index (χ1) is 13.8. The van der Waals surface area contributed by atoms with Crippen LogP contribution in [-0.2, 0) is 16.4 Å². The van der Waals surface area contributed by atoms with Crippen molar-refractivity contribution in [2.45, 2.75) is 24.2 Å². The number of sulfonamides is 1. The van der Waals surface area contributed by atoms with E-state index in [1.165, 1.54) is 34.5 Å². The number of methoxy groups -OCH3 is 1. The molecule has 0 bridgehead atoms. The Kier molecular flexibility index (Phi) is 5.04. The van der Waals surface area contributed by atoms with E-state index in [1.807, 2.05) is 0 Å². The smallest absolute Gasteiger partial charge is 0.258 e. The first-order valence-corrected chi connectivity index (χ1v) is 10.7. The predicted octanol–water partition coefficient (Wildman–Crippen LogP) is 2.96. The van der Waals surface area contributed by atoms with Crippen LogP contribution in [0.1, 0.15) is 28.8 Å². The Labute approximate surface area is 167 Å². The van der Waals surface area contributed by atoms with Crippen molar-refractivity contribution in [1.29, 1.82) is 0 Å². The summed E-state index contributed by atoms with van der Waals surface area (Å²) in [5.74, 6) is -1.84. The summed E-state index contributed by atoms with van der Waals surface area (Å²) in [4.78, 5) is 14.3.